The molecule has 1 aromatic heterocycles. The second-order valence-electron chi connectivity index (χ2n) is 7.06. The molecule has 1 aliphatic rings. The molecule has 0 bridgehead atoms. The number of hydrogen-bond donors (Lipinski definition) is 1. The molecule has 2 heterocycles. The summed E-state index contributed by atoms with van der Waals surface area (Å²) in [6.45, 7) is 2.92. The molecule has 1 aliphatic heterocycles. The molecule has 30 heavy (non-hydrogen) atoms. The van der Waals surface area contributed by atoms with Crippen molar-refractivity contribution < 1.29 is 14.2 Å². The Labute approximate surface area is 179 Å². The Kier molecular flexibility index (Phi) is 6.01. The summed E-state index contributed by atoms with van der Waals surface area (Å²) in [5, 5.41) is 10.9. The van der Waals surface area contributed by atoms with E-state index in [1.807, 2.05) is 12.1 Å². The Morgan fingerprint density at radius 3 is 2.60 bits per heavy atom. The van der Waals surface area contributed by atoms with Crippen LogP contribution in [0, 0.1) is 5.82 Å². The van der Waals surface area contributed by atoms with Crippen LogP contribution < -0.4 is 9.64 Å². The second kappa shape index (κ2) is 8.85. The van der Waals surface area contributed by atoms with Gasteiger partial charge in [0.1, 0.15) is 11.6 Å². The lowest BCUT2D eigenvalue weighted by molar-refractivity contribution is 0.208. The van der Waals surface area contributed by atoms with Gasteiger partial charge in [-0.05, 0) is 23.8 Å². The average molecular weight is 429 g/mol. The van der Waals surface area contributed by atoms with Gasteiger partial charge < -0.3 is 14.7 Å². The Balaban J connectivity index is 1.67. The van der Waals surface area contributed by atoms with Crippen molar-refractivity contribution in [2.45, 2.75) is 6.04 Å². The molecule has 0 amide bonds. The first-order valence-corrected chi connectivity index (χ1v) is 10.0. The highest BCUT2D eigenvalue weighted by Crippen LogP contribution is 2.40. The van der Waals surface area contributed by atoms with Gasteiger partial charge in [0.15, 0.2) is 11.5 Å². The van der Waals surface area contributed by atoms with Gasteiger partial charge in [-0.1, -0.05) is 29.8 Å². The molecule has 1 saturated heterocycles. The van der Waals surface area contributed by atoms with Crippen molar-refractivity contribution >= 4 is 17.4 Å². The first-order valence-electron chi connectivity index (χ1n) is 9.64. The molecule has 3 aromatic rings. The van der Waals surface area contributed by atoms with E-state index in [2.05, 4.69) is 19.8 Å². The highest BCUT2D eigenvalue weighted by molar-refractivity contribution is 6.30. The lowest BCUT2D eigenvalue weighted by Crippen LogP contribution is -2.48. The number of piperazine rings is 1. The van der Waals surface area contributed by atoms with Crippen molar-refractivity contribution in [3.8, 4) is 11.5 Å². The van der Waals surface area contributed by atoms with Gasteiger partial charge in [-0.3, -0.25) is 9.88 Å². The topological polar surface area (TPSA) is 61.7 Å². The summed E-state index contributed by atoms with van der Waals surface area (Å²) in [7, 11) is 1.52. The van der Waals surface area contributed by atoms with Crippen molar-refractivity contribution in [2.24, 2.45) is 0 Å². The molecule has 0 aliphatic carbocycles. The lowest BCUT2D eigenvalue weighted by Gasteiger charge is -2.40. The maximum atomic E-state index is 13.8. The number of para-hydroxylation sites is 1. The zero-order valence-corrected chi connectivity index (χ0v) is 17.3. The largest absolute Gasteiger partial charge is 0.504 e. The molecule has 4 rings (SSSR count). The van der Waals surface area contributed by atoms with E-state index in [1.54, 1.807) is 36.8 Å². The number of phenols is 1. The highest BCUT2D eigenvalue weighted by atomic mass is 35.5. The van der Waals surface area contributed by atoms with Crippen molar-refractivity contribution in [3.63, 3.8) is 0 Å². The van der Waals surface area contributed by atoms with E-state index >= 15 is 0 Å². The predicted molar refractivity (Wildman–Crippen MR) is 114 cm³/mol. The van der Waals surface area contributed by atoms with Gasteiger partial charge in [-0.25, -0.2) is 9.37 Å². The Morgan fingerprint density at radius 1 is 1.13 bits per heavy atom. The Hall–Kier alpha value is -2.90. The number of aromatic nitrogens is 2. The molecule has 1 atom stereocenters. The number of methoxy groups -OCH3 is 1. The van der Waals surface area contributed by atoms with Crippen molar-refractivity contribution in [3.05, 3.63) is 77.0 Å². The van der Waals surface area contributed by atoms with E-state index in [0.717, 1.165) is 24.5 Å². The molecule has 1 N–H and O–H groups in total. The standard InChI is InChI=1S/C22H22ClFN4O2/c1-30-19-4-2-3-16(22(19)29)21(15-5-6-18(24)17(23)13-15)28-11-9-27(10-12-28)20-14-25-7-8-26-20/h2-8,13-14,21,29H,9-12H2,1H3. The fourth-order valence-electron chi connectivity index (χ4n) is 3.86. The van der Waals surface area contributed by atoms with Crippen LogP contribution in [0.15, 0.2) is 55.0 Å². The van der Waals surface area contributed by atoms with Crippen LogP contribution in [0.4, 0.5) is 10.2 Å². The second-order valence-corrected chi connectivity index (χ2v) is 7.47. The smallest absolute Gasteiger partial charge is 0.162 e. The third-order valence-corrected chi connectivity index (χ3v) is 5.65. The first kappa shape index (κ1) is 20.4. The summed E-state index contributed by atoms with van der Waals surface area (Å²) in [6.07, 6.45) is 5.08. The molecule has 156 valence electrons. The van der Waals surface area contributed by atoms with Crippen LogP contribution in [-0.2, 0) is 0 Å². The maximum absolute atomic E-state index is 13.8. The predicted octanol–water partition coefficient (Wildman–Crippen LogP) is 3.89. The molecular weight excluding hydrogens is 407 g/mol. The summed E-state index contributed by atoms with van der Waals surface area (Å²) >= 11 is 6.08. The summed E-state index contributed by atoms with van der Waals surface area (Å²) in [6, 6.07) is 9.78. The van der Waals surface area contributed by atoms with Gasteiger partial charge in [0.2, 0.25) is 0 Å². The minimum Gasteiger partial charge on any atom is -0.504 e. The molecule has 6 nitrogen and oxygen atoms in total. The van der Waals surface area contributed by atoms with Crippen molar-refractivity contribution in [2.75, 3.05) is 38.2 Å². The fraction of sp³-hybridized carbons (Fsp3) is 0.273. The summed E-state index contributed by atoms with van der Waals surface area (Å²) in [4.78, 5) is 12.9. The van der Waals surface area contributed by atoms with Gasteiger partial charge in [-0.15, -0.1) is 0 Å². The minimum atomic E-state index is -0.471. The lowest BCUT2D eigenvalue weighted by atomic mass is 9.95. The SMILES string of the molecule is COc1cccc(C(c2ccc(F)c(Cl)c2)N2CCN(c3cnccn3)CC2)c1O. The van der Waals surface area contributed by atoms with E-state index in [1.165, 1.54) is 13.2 Å². The van der Waals surface area contributed by atoms with Gasteiger partial charge in [0.05, 0.1) is 24.4 Å². The van der Waals surface area contributed by atoms with Gasteiger partial charge >= 0.3 is 0 Å². The number of ether oxygens (including phenoxy) is 1. The maximum Gasteiger partial charge on any atom is 0.162 e. The Morgan fingerprint density at radius 2 is 1.93 bits per heavy atom. The van der Waals surface area contributed by atoms with E-state index in [0.29, 0.717) is 24.4 Å². The van der Waals surface area contributed by atoms with Crippen LogP contribution in [0.3, 0.4) is 0 Å². The highest BCUT2D eigenvalue weighted by Gasteiger charge is 2.30. The third kappa shape index (κ3) is 4.04. The van der Waals surface area contributed by atoms with E-state index in [4.69, 9.17) is 16.3 Å². The van der Waals surface area contributed by atoms with Crippen molar-refractivity contribution in [1.29, 1.82) is 0 Å². The molecule has 0 radical (unpaired) electrons. The molecule has 8 heteroatoms. The van der Waals surface area contributed by atoms with Gasteiger partial charge in [0.25, 0.3) is 0 Å². The van der Waals surface area contributed by atoms with Crippen LogP contribution in [0.1, 0.15) is 17.2 Å². The van der Waals surface area contributed by atoms with E-state index in [9.17, 15) is 9.50 Å². The fourth-order valence-corrected chi connectivity index (χ4v) is 4.05. The van der Waals surface area contributed by atoms with Crippen LogP contribution in [0.5, 0.6) is 11.5 Å². The molecule has 2 aromatic carbocycles. The molecule has 1 unspecified atom stereocenters. The zero-order chi connectivity index (χ0) is 21.1. The van der Waals surface area contributed by atoms with Crippen LogP contribution in [0.2, 0.25) is 5.02 Å². The van der Waals surface area contributed by atoms with E-state index < -0.39 is 5.82 Å². The average Bonchev–Trinajstić information content (AvgIpc) is 2.78. The summed E-state index contributed by atoms with van der Waals surface area (Å²) in [5.74, 6) is 0.829. The van der Waals surface area contributed by atoms with Crippen LogP contribution in [0.25, 0.3) is 0 Å². The number of aromatic hydroxyl groups is 1. The zero-order valence-electron chi connectivity index (χ0n) is 16.5. The quantitative estimate of drug-likeness (QED) is 0.665. The number of nitrogens with zero attached hydrogens (tertiary/aromatic N) is 4. The number of rotatable bonds is 5. The van der Waals surface area contributed by atoms with E-state index in [-0.39, 0.29) is 16.8 Å². The first-order chi connectivity index (χ1) is 14.6. The molecule has 0 saturated carbocycles. The summed E-state index contributed by atoms with van der Waals surface area (Å²) < 4.78 is 19.1. The van der Waals surface area contributed by atoms with Crippen LogP contribution in [-0.4, -0.2) is 53.3 Å². The third-order valence-electron chi connectivity index (χ3n) is 5.36. The van der Waals surface area contributed by atoms with Crippen molar-refractivity contribution in [1.82, 2.24) is 14.9 Å². The number of halogens is 2. The number of benzene rings is 2. The van der Waals surface area contributed by atoms with Crippen LogP contribution >= 0.6 is 11.6 Å². The number of phenolic OH excluding ortho intramolecular Hbond substituents is 1. The number of anilines is 1. The molecule has 1 fully saturated rings. The van der Waals surface area contributed by atoms with Gasteiger partial charge in [0, 0.05) is 44.1 Å². The molecular formula is C22H22ClFN4O2. The normalized spacial score (nSPS) is 15.8. The monoisotopic (exact) mass is 428 g/mol. The number of hydrogen-bond acceptors (Lipinski definition) is 6. The van der Waals surface area contributed by atoms with Gasteiger partial charge in [-0.2, -0.15) is 0 Å². The Bertz CT molecular complexity index is 1010. The summed E-state index contributed by atoms with van der Waals surface area (Å²) in [5.41, 5.74) is 1.49. The molecule has 0 spiro atoms. The minimum absolute atomic E-state index is 0.0538.